The van der Waals surface area contributed by atoms with Gasteiger partial charge in [-0.1, -0.05) is 0 Å². The number of aliphatic hydroxyl groups is 1. The first-order valence-corrected chi connectivity index (χ1v) is 5.10. The minimum Gasteiger partial charge on any atom is -0.394 e. The first kappa shape index (κ1) is 12.0. The zero-order valence-electron chi connectivity index (χ0n) is 9.47. The lowest BCUT2D eigenvalue weighted by Crippen LogP contribution is -2.29. The molecule has 5 heteroatoms. The number of aliphatic hydroxyl groups excluding tert-OH is 1. The Labute approximate surface area is 90.1 Å². The zero-order chi connectivity index (χ0) is 11.3. The van der Waals surface area contributed by atoms with Crippen molar-refractivity contribution >= 4 is 5.69 Å². The normalized spacial score (nSPS) is 14.9. The van der Waals surface area contributed by atoms with Crippen LogP contribution in [0.25, 0.3) is 0 Å². The SMILES string of the molecule is COC(C)C(C)Nc1cnn(CCO)c1. The summed E-state index contributed by atoms with van der Waals surface area (Å²) >= 11 is 0. The average molecular weight is 213 g/mol. The number of hydrogen-bond donors (Lipinski definition) is 2. The number of aromatic nitrogens is 2. The lowest BCUT2D eigenvalue weighted by Gasteiger charge is -2.19. The maximum Gasteiger partial charge on any atom is 0.0741 e. The van der Waals surface area contributed by atoms with Crippen molar-refractivity contribution in [1.29, 1.82) is 0 Å². The first-order valence-electron chi connectivity index (χ1n) is 5.10. The van der Waals surface area contributed by atoms with Gasteiger partial charge in [0.05, 0.1) is 31.1 Å². The molecule has 2 atom stereocenters. The molecule has 0 saturated heterocycles. The Bertz CT molecular complexity index is 288. The Morgan fingerprint density at radius 1 is 1.60 bits per heavy atom. The van der Waals surface area contributed by atoms with Crippen LogP contribution in [0.3, 0.4) is 0 Å². The molecule has 0 saturated carbocycles. The number of hydrogen-bond acceptors (Lipinski definition) is 4. The highest BCUT2D eigenvalue weighted by atomic mass is 16.5. The van der Waals surface area contributed by atoms with Crippen LogP contribution in [0, 0.1) is 0 Å². The summed E-state index contributed by atoms with van der Waals surface area (Å²) in [7, 11) is 1.69. The summed E-state index contributed by atoms with van der Waals surface area (Å²) in [5, 5.41) is 16.1. The van der Waals surface area contributed by atoms with E-state index in [9.17, 15) is 0 Å². The Kier molecular flexibility index (Phi) is 4.58. The van der Waals surface area contributed by atoms with Crippen LogP contribution in [0.4, 0.5) is 5.69 Å². The highest BCUT2D eigenvalue weighted by molar-refractivity contribution is 5.39. The molecule has 1 aromatic heterocycles. The summed E-state index contributed by atoms with van der Waals surface area (Å²) in [6, 6.07) is 0.224. The van der Waals surface area contributed by atoms with Gasteiger partial charge in [-0.05, 0) is 13.8 Å². The van der Waals surface area contributed by atoms with Crippen molar-refractivity contribution in [2.24, 2.45) is 0 Å². The molecular weight excluding hydrogens is 194 g/mol. The highest BCUT2D eigenvalue weighted by Crippen LogP contribution is 2.09. The molecule has 86 valence electrons. The van der Waals surface area contributed by atoms with E-state index >= 15 is 0 Å². The molecule has 0 radical (unpaired) electrons. The van der Waals surface area contributed by atoms with E-state index in [1.165, 1.54) is 0 Å². The average Bonchev–Trinajstić information content (AvgIpc) is 2.65. The lowest BCUT2D eigenvalue weighted by molar-refractivity contribution is 0.106. The fraction of sp³-hybridized carbons (Fsp3) is 0.700. The Hall–Kier alpha value is -1.07. The Morgan fingerprint density at radius 2 is 2.33 bits per heavy atom. The second-order valence-corrected chi connectivity index (χ2v) is 3.59. The molecule has 0 spiro atoms. The summed E-state index contributed by atoms with van der Waals surface area (Å²) in [6.07, 6.45) is 3.76. The van der Waals surface area contributed by atoms with Gasteiger partial charge in [0.1, 0.15) is 0 Å². The van der Waals surface area contributed by atoms with E-state index in [2.05, 4.69) is 17.3 Å². The summed E-state index contributed by atoms with van der Waals surface area (Å²) in [4.78, 5) is 0. The van der Waals surface area contributed by atoms with Gasteiger partial charge in [0.15, 0.2) is 0 Å². The smallest absolute Gasteiger partial charge is 0.0741 e. The summed E-state index contributed by atoms with van der Waals surface area (Å²) in [5.74, 6) is 0. The third-order valence-electron chi connectivity index (χ3n) is 2.43. The zero-order valence-corrected chi connectivity index (χ0v) is 9.47. The van der Waals surface area contributed by atoms with Gasteiger partial charge in [-0.3, -0.25) is 4.68 Å². The fourth-order valence-corrected chi connectivity index (χ4v) is 1.25. The van der Waals surface area contributed by atoms with Crippen molar-refractivity contribution in [3.63, 3.8) is 0 Å². The maximum absolute atomic E-state index is 8.74. The topological polar surface area (TPSA) is 59.3 Å². The Morgan fingerprint density at radius 3 is 2.93 bits per heavy atom. The van der Waals surface area contributed by atoms with E-state index in [4.69, 9.17) is 9.84 Å². The number of ether oxygens (including phenoxy) is 1. The molecule has 0 amide bonds. The van der Waals surface area contributed by atoms with Crippen molar-refractivity contribution in [2.75, 3.05) is 19.0 Å². The minimum absolute atomic E-state index is 0.102. The van der Waals surface area contributed by atoms with E-state index in [0.29, 0.717) is 6.54 Å². The van der Waals surface area contributed by atoms with Crippen molar-refractivity contribution in [3.8, 4) is 0 Å². The number of methoxy groups -OCH3 is 1. The largest absolute Gasteiger partial charge is 0.394 e. The van der Waals surface area contributed by atoms with Crippen LogP contribution in [0.5, 0.6) is 0 Å². The Balaban J connectivity index is 2.49. The standard InChI is InChI=1S/C10H19N3O2/c1-8(9(2)15-3)12-10-6-11-13(7-10)4-5-14/h6-9,12,14H,4-5H2,1-3H3. The van der Waals surface area contributed by atoms with Gasteiger partial charge in [-0.15, -0.1) is 0 Å². The fourth-order valence-electron chi connectivity index (χ4n) is 1.25. The molecule has 0 aliphatic rings. The monoisotopic (exact) mass is 213 g/mol. The van der Waals surface area contributed by atoms with Gasteiger partial charge >= 0.3 is 0 Å². The lowest BCUT2D eigenvalue weighted by atomic mass is 10.2. The van der Waals surface area contributed by atoms with Gasteiger partial charge in [-0.2, -0.15) is 5.10 Å². The molecule has 1 aromatic rings. The quantitative estimate of drug-likeness (QED) is 0.730. The van der Waals surface area contributed by atoms with Crippen molar-refractivity contribution in [3.05, 3.63) is 12.4 Å². The van der Waals surface area contributed by atoms with Crippen LogP contribution in [0.15, 0.2) is 12.4 Å². The molecule has 0 aliphatic heterocycles. The van der Waals surface area contributed by atoms with Crippen LogP contribution in [-0.2, 0) is 11.3 Å². The summed E-state index contributed by atoms with van der Waals surface area (Å²) in [5.41, 5.74) is 0.944. The predicted octanol–water partition coefficient (Wildman–Crippen LogP) is 0.711. The van der Waals surface area contributed by atoms with Gasteiger partial charge in [-0.25, -0.2) is 0 Å². The number of rotatable bonds is 6. The molecule has 2 unspecified atom stereocenters. The van der Waals surface area contributed by atoms with Crippen molar-refractivity contribution < 1.29 is 9.84 Å². The van der Waals surface area contributed by atoms with E-state index < -0.39 is 0 Å². The van der Waals surface area contributed by atoms with E-state index in [0.717, 1.165) is 5.69 Å². The number of nitrogens with zero attached hydrogens (tertiary/aromatic N) is 2. The molecular formula is C10H19N3O2. The van der Waals surface area contributed by atoms with E-state index in [1.807, 2.05) is 13.1 Å². The van der Waals surface area contributed by atoms with Gasteiger partial charge in [0.25, 0.3) is 0 Å². The van der Waals surface area contributed by atoms with E-state index in [1.54, 1.807) is 18.0 Å². The molecule has 1 heterocycles. The second kappa shape index (κ2) is 5.72. The number of nitrogens with one attached hydrogen (secondary N) is 1. The molecule has 0 aromatic carbocycles. The van der Waals surface area contributed by atoms with Crippen LogP contribution in [-0.4, -0.2) is 40.7 Å². The molecule has 2 N–H and O–H groups in total. The predicted molar refractivity (Wildman–Crippen MR) is 58.9 cm³/mol. The second-order valence-electron chi connectivity index (χ2n) is 3.59. The molecule has 0 aliphatic carbocycles. The molecule has 15 heavy (non-hydrogen) atoms. The molecule has 0 bridgehead atoms. The van der Waals surface area contributed by atoms with Crippen LogP contribution >= 0.6 is 0 Å². The third-order valence-corrected chi connectivity index (χ3v) is 2.43. The van der Waals surface area contributed by atoms with Crippen molar-refractivity contribution in [1.82, 2.24) is 9.78 Å². The summed E-state index contributed by atoms with van der Waals surface area (Å²) in [6.45, 7) is 4.69. The minimum atomic E-state index is 0.102. The van der Waals surface area contributed by atoms with Crippen LogP contribution in [0.2, 0.25) is 0 Å². The molecule has 1 rings (SSSR count). The van der Waals surface area contributed by atoms with Crippen LogP contribution < -0.4 is 5.32 Å². The first-order chi connectivity index (χ1) is 7.17. The summed E-state index contributed by atoms with van der Waals surface area (Å²) < 4.78 is 6.91. The van der Waals surface area contributed by atoms with E-state index in [-0.39, 0.29) is 18.8 Å². The highest BCUT2D eigenvalue weighted by Gasteiger charge is 2.11. The van der Waals surface area contributed by atoms with Gasteiger partial charge in [0, 0.05) is 19.3 Å². The molecule has 0 fully saturated rings. The van der Waals surface area contributed by atoms with Crippen molar-refractivity contribution in [2.45, 2.75) is 32.5 Å². The maximum atomic E-state index is 8.74. The van der Waals surface area contributed by atoms with Crippen LogP contribution in [0.1, 0.15) is 13.8 Å². The third kappa shape index (κ3) is 3.53. The molecule has 5 nitrogen and oxygen atoms in total. The van der Waals surface area contributed by atoms with Gasteiger partial charge in [0.2, 0.25) is 0 Å². The van der Waals surface area contributed by atoms with Gasteiger partial charge < -0.3 is 15.2 Å². The number of anilines is 1.